The zero-order valence-electron chi connectivity index (χ0n) is 18.0. The van der Waals surface area contributed by atoms with Crippen LogP contribution in [0.25, 0.3) is 0 Å². The molecular weight excluding hydrogens is 468 g/mol. The maximum absolute atomic E-state index is 12.4. The van der Waals surface area contributed by atoms with Crippen molar-refractivity contribution in [2.75, 3.05) is 15.8 Å². The van der Waals surface area contributed by atoms with E-state index < -0.39 is 10.0 Å². The predicted molar refractivity (Wildman–Crippen MR) is 136 cm³/mol. The SMILES string of the molecule is O=C(CSc1ccc(NS(=O)(=O)c2ccccc2)cc1)Nc1ccc(Oc2ccccc2)cc1. The molecular formula is C26H22N2O4S2. The molecule has 4 aromatic carbocycles. The number of thioether (sulfide) groups is 1. The molecule has 0 bridgehead atoms. The van der Waals surface area contributed by atoms with Crippen molar-refractivity contribution in [2.45, 2.75) is 9.79 Å². The molecule has 0 aliphatic rings. The Morgan fingerprint density at radius 3 is 1.91 bits per heavy atom. The highest BCUT2D eigenvalue weighted by Gasteiger charge is 2.13. The quantitative estimate of drug-likeness (QED) is 0.281. The Morgan fingerprint density at radius 1 is 0.706 bits per heavy atom. The van der Waals surface area contributed by atoms with E-state index in [4.69, 9.17) is 4.74 Å². The number of hydrogen-bond acceptors (Lipinski definition) is 5. The van der Waals surface area contributed by atoms with Gasteiger partial charge < -0.3 is 10.1 Å². The Bertz CT molecular complexity index is 1330. The van der Waals surface area contributed by atoms with Crippen molar-refractivity contribution >= 4 is 39.1 Å². The lowest BCUT2D eigenvalue weighted by atomic mass is 10.3. The normalized spacial score (nSPS) is 10.9. The average Bonchev–Trinajstić information content (AvgIpc) is 2.86. The van der Waals surface area contributed by atoms with E-state index in [0.29, 0.717) is 17.1 Å². The average molecular weight is 491 g/mol. The summed E-state index contributed by atoms with van der Waals surface area (Å²) in [6.45, 7) is 0. The maximum atomic E-state index is 12.4. The Balaban J connectivity index is 1.26. The molecule has 34 heavy (non-hydrogen) atoms. The number of anilines is 2. The van der Waals surface area contributed by atoms with E-state index in [9.17, 15) is 13.2 Å². The second-order valence-corrected chi connectivity index (χ2v) is 9.95. The maximum Gasteiger partial charge on any atom is 0.261 e. The number of sulfonamides is 1. The third-order valence-electron chi connectivity index (χ3n) is 4.65. The minimum Gasteiger partial charge on any atom is -0.457 e. The largest absolute Gasteiger partial charge is 0.457 e. The van der Waals surface area contributed by atoms with Gasteiger partial charge in [-0.3, -0.25) is 9.52 Å². The van der Waals surface area contributed by atoms with Gasteiger partial charge in [0.25, 0.3) is 10.0 Å². The summed E-state index contributed by atoms with van der Waals surface area (Å²) in [5.74, 6) is 1.50. The number of hydrogen-bond donors (Lipinski definition) is 2. The summed E-state index contributed by atoms with van der Waals surface area (Å²) in [7, 11) is -3.64. The molecule has 0 aliphatic carbocycles. The number of ether oxygens (including phenoxy) is 1. The molecule has 0 atom stereocenters. The van der Waals surface area contributed by atoms with Crippen molar-refractivity contribution in [3.05, 3.63) is 109 Å². The molecule has 6 nitrogen and oxygen atoms in total. The minimum atomic E-state index is -3.64. The molecule has 1 amide bonds. The molecule has 0 radical (unpaired) electrons. The summed E-state index contributed by atoms with van der Waals surface area (Å²) in [5.41, 5.74) is 1.13. The minimum absolute atomic E-state index is 0.143. The molecule has 0 aromatic heterocycles. The van der Waals surface area contributed by atoms with Crippen molar-refractivity contribution in [1.29, 1.82) is 0 Å². The van der Waals surface area contributed by atoms with Gasteiger partial charge in [0, 0.05) is 16.3 Å². The zero-order chi connectivity index (χ0) is 23.8. The Morgan fingerprint density at radius 2 is 1.26 bits per heavy atom. The van der Waals surface area contributed by atoms with Crippen molar-refractivity contribution in [2.24, 2.45) is 0 Å². The van der Waals surface area contributed by atoms with Crippen LogP contribution in [0, 0.1) is 0 Å². The molecule has 0 saturated heterocycles. The topological polar surface area (TPSA) is 84.5 Å². The molecule has 4 aromatic rings. The van der Waals surface area contributed by atoms with Crippen molar-refractivity contribution in [1.82, 2.24) is 0 Å². The number of nitrogens with one attached hydrogen (secondary N) is 2. The first kappa shape index (κ1) is 23.4. The number of para-hydroxylation sites is 1. The molecule has 0 unspecified atom stereocenters. The van der Waals surface area contributed by atoms with Gasteiger partial charge in [0.2, 0.25) is 5.91 Å². The van der Waals surface area contributed by atoms with Gasteiger partial charge in [0.15, 0.2) is 0 Å². The second kappa shape index (κ2) is 10.9. The molecule has 0 heterocycles. The van der Waals surface area contributed by atoms with Gasteiger partial charge in [0.05, 0.1) is 10.6 Å². The molecule has 8 heteroatoms. The number of amides is 1. The van der Waals surface area contributed by atoms with Crippen LogP contribution >= 0.6 is 11.8 Å². The van der Waals surface area contributed by atoms with Gasteiger partial charge in [-0.05, 0) is 72.8 Å². The van der Waals surface area contributed by atoms with E-state index in [0.717, 1.165) is 10.6 Å². The summed E-state index contributed by atoms with van der Waals surface area (Å²) in [5, 5.41) is 2.86. The van der Waals surface area contributed by atoms with E-state index in [-0.39, 0.29) is 16.6 Å². The Labute approximate surface area is 203 Å². The summed E-state index contributed by atoms with van der Waals surface area (Å²) in [6, 6.07) is 31.7. The molecule has 0 fully saturated rings. The number of benzene rings is 4. The summed E-state index contributed by atoms with van der Waals surface area (Å²) >= 11 is 1.36. The summed E-state index contributed by atoms with van der Waals surface area (Å²) in [4.78, 5) is 13.4. The van der Waals surface area contributed by atoms with Gasteiger partial charge in [0.1, 0.15) is 11.5 Å². The fourth-order valence-electron chi connectivity index (χ4n) is 3.01. The van der Waals surface area contributed by atoms with Gasteiger partial charge in [-0.2, -0.15) is 0 Å². The fourth-order valence-corrected chi connectivity index (χ4v) is 4.79. The zero-order valence-corrected chi connectivity index (χ0v) is 19.7. The van der Waals surface area contributed by atoms with Crippen LogP contribution < -0.4 is 14.8 Å². The van der Waals surface area contributed by atoms with Crippen LogP contribution in [0.4, 0.5) is 11.4 Å². The van der Waals surface area contributed by atoms with Gasteiger partial charge in [-0.1, -0.05) is 36.4 Å². The third-order valence-corrected chi connectivity index (χ3v) is 7.06. The van der Waals surface area contributed by atoms with Crippen molar-refractivity contribution in [3.63, 3.8) is 0 Å². The van der Waals surface area contributed by atoms with Crippen LogP contribution in [0.3, 0.4) is 0 Å². The van der Waals surface area contributed by atoms with Crippen LogP contribution in [0.5, 0.6) is 11.5 Å². The molecule has 2 N–H and O–H groups in total. The van der Waals surface area contributed by atoms with Gasteiger partial charge in [-0.15, -0.1) is 11.8 Å². The number of carbonyl (C=O) groups excluding carboxylic acids is 1. The fraction of sp³-hybridized carbons (Fsp3) is 0.0385. The molecule has 0 aliphatic heterocycles. The van der Waals surface area contributed by atoms with Crippen LogP contribution in [-0.4, -0.2) is 20.1 Å². The predicted octanol–water partition coefficient (Wildman–Crippen LogP) is 6.01. The van der Waals surface area contributed by atoms with Crippen LogP contribution in [-0.2, 0) is 14.8 Å². The molecule has 0 saturated carbocycles. The lowest BCUT2D eigenvalue weighted by Gasteiger charge is -2.09. The standard InChI is InChI=1S/C26H22N2O4S2/c29-26(27-20-11-15-23(16-12-20)32-22-7-3-1-4-8-22)19-33-24-17-13-21(14-18-24)28-34(30,31)25-9-5-2-6-10-25/h1-18,28H,19H2,(H,27,29). The van der Waals surface area contributed by atoms with E-state index in [2.05, 4.69) is 10.0 Å². The van der Waals surface area contributed by atoms with Crippen LogP contribution in [0.1, 0.15) is 0 Å². The van der Waals surface area contributed by atoms with Crippen LogP contribution in [0.15, 0.2) is 119 Å². The summed E-state index contributed by atoms with van der Waals surface area (Å²) < 4.78 is 33.1. The smallest absolute Gasteiger partial charge is 0.261 e. The Hall–Kier alpha value is -3.75. The third kappa shape index (κ3) is 6.63. The first-order valence-corrected chi connectivity index (χ1v) is 12.9. The number of rotatable bonds is 9. The van der Waals surface area contributed by atoms with Gasteiger partial charge >= 0.3 is 0 Å². The highest BCUT2D eigenvalue weighted by atomic mass is 32.2. The number of carbonyl (C=O) groups is 1. The summed E-state index contributed by atoms with van der Waals surface area (Å²) in [6.07, 6.45) is 0. The second-order valence-electron chi connectivity index (χ2n) is 7.22. The van der Waals surface area contributed by atoms with E-state index in [1.165, 1.54) is 23.9 Å². The first-order valence-electron chi connectivity index (χ1n) is 10.4. The molecule has 172 valence electrons. The van der Waals surface area contributed by atoms with Gasteiger partial charge in [-0.25, -0.2) is 8.42 Å². The highest BCUT2D eigenvalue weighted by Crippen LogP contribution is 2.24. The van der Waals surface area contributed by atoms with Crippen molar-refractivity contribution in [3.8, 4) is 11.5 Å². The van der Waals surface area contributed by atoms with E-state index >= 15 is 0 Å². The van der Waals surface area contributed by atoms with Crippen LogP contribution in [0.2, 0.25) is 0 Å². The van der Waals surface area contributed by atoms with E-state index in [1.807, 2.05) is 30.3 Å². The highest BCUT2D eigenvalue weighted by molar-refractivity contribution is 8.00. The van der Waals surface area contributed by atoms with E-state index in [1.54, 1.807) is 66.7 Å². The lowest BCUT2D eigenvalue weighted by Crippen LogP contribution is -2.14. The monoisotopic (exact) mass is 490 g/mol. The lowest BCUT2D eigenvalue weighted by molar-refractivity contribution is -0.113. The molecule has 0 spiro atoms. The van der Waals surface area contributed by atoms with Crippen molar-refractivity contribution < 1.29 is 17.9 Å². The first-order chi connectivity index (χ1) is 16.5. The Kier molecular flexibility index (Phi) is 7.51. The molecule has 4 rings (SSSR count).